The molecule has 10 aromatic carbocycles. The topological polar surface area (TPSA) is 3.24 Å². The number of rotatable bonds is 6. The Morgan fingerprint density at radius 1 is 0.293 bits per heavy atom. The van der Waals surface area contributed by atoms with Gasteiger partial charge in [-0.1, -0.05) is 178 Å². The lowest BCUT2D eigenvalue weighted by molar-refractivity contribution is 0.660. The van der Waals surface area contributed by atoms with Crippen LogP contribution in [0, 0.1) is 0 Å². The smallest absolute Gasteiger partial charge is 0.0467 e. The highest BCUT2D eigenvalue weighted by atomic mass is 15.1. The maximum atomic E-state index is 2.41. The Balaban J connectivity index is 1.02. The van der Waals surface area contributed by atoms with Gasteiger partial charge in [0.2, 0.25) is 0 Å². The molecule has 0 aliphatic heterocycles. The first-order valence-electron chi connectivity index (χ1n) is 20.3. The SMILES string of the molecule is CC1(C)c2ccccc2-c2ccc(-c3ccc(N(c4ccc(-c5cc6ccccc6c6ccccc56)cc4)c4cccc(-c5cccc6ccccc56)c4)cc3)cc21. The zero-order valence-corrected chi connectivity index (χ0v) is 32.7. The van der Waals surface area contributed by atoms with Gasteiger partial charge in [-0.05, 0) is 136 Å². The molecule has 1 aliphatic rings. The Kier molecular flexibility index (Phi) is 7.91. The van der Waals surface area contributed by atoms with Gasteiger partial charge in [-0.2, -0.15) is 0 Å². The second-order valence-corrected chi connectivity index (χ2v) is 16.1. The van der Waals surface area contributed by atoms with Crippen molar-refractivity contribution in [2.24, 2.45) is 0 Å². The van der Waals surface area contributed by atoms with E-state index < -0.39 is 0 Å². The summed E-state index contributed by atoms with van der Waals surface area (Å²) in [4.78, 5) is 2.39. The molecular weight excluding hydrogens is 699 g/mol. The highest BCUT2D eigenvalue weighted by Gasteiger charge is 2.35. The van der Waals surface area contributed by atoms with Crippen molar-refractivity contribution in [3.8, 4) is 44.5 Å². The summed E-state index contributed by atoms with van der Waals surface area (Å²) in [6, 6.07) is 78.2. The van der Waals surface area contributed by atoms with E-state index in [-0.39, 0.29) is 5.41 Å². The van der Waals surface area contributed by atoms with Crippen molar-refractivity contribution >= 4 is 49.4 Å². The summed E-state index contributed by atoms with van der Waals surface area (Å²) in [5.74, 6) is 0. The summed E-state index contributed by atoms with van der Waals surface area (Å²) >= 11 is 0. The monoisotopic (exact) mass is 739 g/mol. The average molecular weight is 740 g/mol. The summed E-state index contributed by atoms with van der Waals surface area (Å²) < 4.78 is 0. The van der Waals surface area contributed by atoms with Crippen molar-refractivity contribution in [1.82, 2.24) is 0 Å². The molecule has 1 nitrogen and oxygen atoms in total. The lowest BCUT2D eigenvalue weighted by Crippen LogP contribution is -2.14. The molecule has 0 aromatic heterocycles. The second-order valence-electron chi connectivity index (χ2n) is 16.1. The molecule has 0 heterocycles. The molecule has 0 N–H and O–H groups in total. The van der Waals surface area contributed by atoms with E-state index in [1.165, 1.54) is 88.0 Å². The highest BCUT2D eigenvalue weighted by molar-refractivity contribution is 6.13. The molecule has 0 fully saturated rings. The Hall–Kier alpha value is -7.22. The van der Waals surface area contributed by atoms with Crippen molar-refractivity contribution in [2.45, 2.75) is 19.3 Å². The quantitative estimate of drug-likeness (QED) is 0.154. The molecule has 1 aliphatic carbocycles. The van der Waals surface area contributed by atoms with Gasteiger partial charge in [-0.3, -0.25) is 0 Å². The minimum atomic E-state index is -0.0426. The zero-order valence-electron chi connectivity index (χ0n) is 32.7. The molecule has 11 rings (SSSR count). The summed E-state index contributed by atoms with van der Waals surface area (Å²) in [7, 11) is 0. The van der Waals surface area contributed by atoms with Crippen molar-refractivity contribution < 1.29 is 0 Å². The van der Waals surface area contributed by atoms with E-state index in [9.17, 15) is 0 Å². The summed E-state index contributed by atoms with van der Waals surface area (Å²) in [5.41, 5.74) is 16.1. The van der Waals surface area contributed by atoms with Crippen LogP contribution in [0.25, 0.3) is 76.8 Å². The van der Waals surface area contributed by atoms with Gasteiger partial charge in [-0.25, -0.2) is 0 Å². The van der Waals surface area contributed by atoms with E-state index in [2.05, 4.69) is 231 Å². The number of nitrogens with zero attached hydrogens (tertiary/aromatic N) is 1. The molecule has 274 valence electrons. The Bertz CT molecular complexity index is 3180. The van der Waals surface area contributed by atoms with Crippen LogP contribution in [0.5, 0.6) is 0 Å². The van der Waals surface area contributed by atoms with Crippen LogP contribution in [0.3, 0.4) is 0 Å². The van der Waals surface area contributed by atoms with Crippen LogP contribution in [-0.2, 0) is 5.41 Å². The van der Waals surface area contributed by atoms with E-state index >= 15 is 0 Å². The number of benzene rings is 10. The fourth-order valence-electron chi connectivity index (χ4n) is 9.51. The first kappa shape index (κ1) is 34.1. The molecule has 0 unspecified atom stereocenters. The van der Waals surface area contributed by atoms with E-state index in [1.807, 2.05) is 0 Å². The molecule has 58 heavy (non-hydrogen) atoms. The highest BCUT2D eigenvalue weighted by Crippen LogP contribution is 2.50. The first-order valence-corrected chi connectivity index (χ1v) is 20.3. The minimum absolute atomic E-state index is 0.0426. The van der Waals surface area contributed by atoms with Gasteiger partial charge in [0.1, 0.15) is 0 Å². The van der Waals surface area contributed by atoms with E-state index in [1.54, 1.807) is 0 Å². The molecular formula is C57H41N. The fourth-order valence-corrected chi connectivity index (χ4v) is 9.51. The molecule has 0 atom stereocenters. The average Bonchev–Trinajstić information content (AvgIpc) is 3.52. The maximum Gasteiger partial charge on any atom is 0.0467 e. The van der Waals surface area contributed by atoms with Gasteiger partial charge in [0, 0.05) is 22.5 Å². The predicted molar refractivity (Wildman–Crippen MR) is 248 cm³/mol. The first-order chi connectivity index (χ1) is 28.5. The largest absolute Gasteiger partial charge is 0.310 e. The third kappa shape index (κ3) is 5.54. The Labute approximate surface area is 340 Å². The molecule has 0 radical (unpaired) electrons. The van der Waals surface area contributed by atoms with Crippen molar-refractivity contribution in [3.05, 3.63) is 223 Å². The second kappa shape index (κ2) is 13.5. The van der Waals surface area contributed by atoms with Crippen molar-refractivity contribution in [1.29, 1.82) is 0 Å². The van der Waals surface area contributed by atoms with E-state index in [0.29, 0.717) is 0 Å². The molecule has 0 bridgehead atoms. The van der Waals surface area contributed by atoms with Crippen molar-refractivity contribution in [3.63, 3.8) is 0 Å². The summed E-state index contributed by atoms with van der Waals surface area (Å²) in [5, 5.41) is 7.59. The normalized spacial score (nSPS) is 12.8. The molecule has 0 saturated carbocycles. The van der Waals surface area contributed by atoms with Gasteiger partial charge < -0.3 is 4.90 Å². The van der Waals surface area contributed by atoms with Crippen LogP contribution in [-0.4, -0.2) is 0 Å². The maximum absolute atomic E-state index is 2.41. The minimum Gasteiger partial charge on any atom is -0.310 e. The van der Waals surface area contributed by atoms with Crippen LogP contribution >= 0.6 is 0 Å². The number of hydrogen-bond acceptors (Lipinski definition) is 1. The molecule has 0 amide bonds. The lowest BCUT2D eigenvalue weighted by Gasteiger charge is -2.27. The van der Waals surface area contributed by atoms with Crippen molar-refractivity contribution in [2.75, 3.05) is 4.90 Å². The van der Waals surface area contributed by atoms with Gasteiger partial charge >= 0.3 is 0 Å². The van der Waals surface area contributed by atoms with E-state index in [0.717, 1.165) is 17.1 Å². The Morgan fingerprint density at radius 3 is 1.66 bits per heavy atom. The predicted octanol–water partition coefficient (Wildman–Crippen LogP) is 15.9. The van der Waals surface area contributed by atoms with Crippen LogP contribution < -0.4 is 4.90 Å². The van der Waals surface area contributed by atoms with Gasteiger partial charge in [0.15, 0.2) is 0 Å². The van der Waals surface area contributed by atoms with Gasteiger partial charge in [-0.15, -0.1) is 0 Å². The van der Waals surface area contributed by atoms with Crippen LogP contribution in [0.1, 0.15) is 25.0 Å². The van der Waals surface area contributed by atoms with Crippen LogP contribution in [0.15, 0.2) is 212 Å². The number of fused-ring (bicyclic) bond motifs is 7. The molecule has 0 saturated heterocycles. The third-order valence-corrected chi connectivity index (χ3v) is 12.5. The fraction of sp³-hybridized carbons (Fsp3) is 0.0526. The van der Waals surface area contributed by atoms with E-state index in [4.69, 9.17) is 0 Å². The molecule has 1 heteroatoms. The number of anilines is 3. The van der Waals surface area contributed by atoms with Crippen LogP contribution in [0.2, 0.25) is 0 Å². The number of hydrogen-bond donors (Lipinski definition) is 0. The summed E-state index contributed by atoms with van der Waals surface area (Å²) in [6.07, 6.45) is 0. The Morgan fingerprint density at radius 2 is 0.862 bits per heavy atom. The van der Waals surface area contributed by atoms with Gasteiger partial charge in [0.25, 0.3) is 0 Å². The van der Waals surface area contributed by atoms with Crippen LogP contribution in [0.4, 0.5) is 17.1 Å². The molecule has 10 aromatic rings. The molecule has 0 spiro atoms. The standard InChI is InChI=1S/C57H41N/c1-57(2)55-24-10-9-22-52(55)53-34-29-41(37-56(53)57)38-25-30-44(31-26-38)58(46-17-11-16-42(35-46)48-23-12-15-39-13-3-5-18-47(39)48)45-32-27-40(28-33-45)54-36-43-14-4-6-19-49(43)50-20-7-8-21-51(50)54/h3-37H,1-2H3. The summed E-state index contributed by atoms with van der Waals surface area (Å²) in [6.45, 7) is 4.70. The zero-order chi connectivity index (χ0) is 38.8. The third-order valence-electron chi connectivity index (χ3n) is 12.5. The van der Waals surface area contributed by atoms with Gasteiger partial charge in [0.05, 0.1) is 0 Å². The lowest BCUT2D eigenvalue weighted by atomic mass is 9.81.